The fourth-order valence-electron chi connectivity index (χ4n) is 1.52. The highest BCUT2D eigenvalue weighted by Gasteiger charge is 2.08. The molecule has 0 aliphatic carbocycles. The molecule has 0 saturated heterocycles. The van der Waals surface area contributed by atoms with Gasteiger partial charge >= 0.3 is 0 Å². The quantitative estimate of drug-likeness (QED) is 0.896. The minimum absolute atomic E-state index is 0.213. The zero-order valence-corrected chi connectivity index (χ0v) is 11.4. The predicted molar refractivity (Wildman–Crippen MR) is 75.5 cm³/mol. The predicted octanol–water partition coefficient (Wildman–Crippen LogP) is 2.99. The molecular formula is C13H12BrN3O. The molecule has 0 aliphatic heterocycles. The van der Waals surface area contributed by atoms with E-state index in [4.69, 9.17) is 5.73 Å². The van der Waals surface area contributed by atoms with Gasteiger partial charge in [-0.05, 0) is 52.7 Å². The van der Waals surface area contributed by atoms with Gasteiger partial charge in [0.15, 0.2) is 0 Å². The fraction of sp³-hybridized carbons (Fsp3) is 0.0769. The van der Waals surface area contributed by atoms with Crippen molar-refractivity contribution in [1.29, 1.82) is 0 Å². The summed E-state index contributed by atoms with van der Waals surface area (Å²) in [5.41, 5.74) is 7.83. The van der Waals surface area contributed by atoms with Gasteiger partial charge in [0.1, 0.15) is 5.82 Å². The summed E-state index contributed by atoms with van der Waals surface area (Å²) in [6, 6.07) is 8.91. The van der Waals surface area contributed by atoms with Crippen LogP contribution in [-0.4, -0.2) is 10.9 Å². The van der Waals surface area contributed by atoms with Crippen molar-refractivity contribution in [2.24, 2.45) is 0 Å². The van der Waals surface area contributed by atoms with Crippen LogP contribution in [0.4, 0.5) is 11.5 Å². The number of aryl methyl sites for hydroxylation is 1. The average molecular weight is 306 g/mol. The molecule has 0 spiro atoms. The Balaban J connectivity index is 2.24. The molecule has 2 rings (SSSR count). The molecule has 1 aromatic heterocycles. The number of anilines is 2. The summed E-state index contributed by atoms with van der Waals surface area (Å²) in [6.07, 6.45) is 1.51. The molecule has 2 aromatic rings. The van der Waals surface area contributed by atoms with E-state index in [0.717, 1.165) is 15.7 Å². The number of hydrogen-bond donors (Lipinski definition) is 2. The van der Waals surface area contributed by atoms with Gasteiger partial charge in [-0.1, -0.05) is 6.07 Å². The van der Waals surface area contributed by atoms with E-state index in [0.29, 0.717) is 11.4 Å². The van der Waals surface area contributed by atoms with Crippen molar-refractivity contribution in [2.45, 2.75) is 6.92 Å². The topological polar surface area (TPSA) is 68.0 Å². The lowest BCUT2D eigenvalue weighted by Crippen LogP contribution is -2.13. The zero-order chi connectivity index (χ0) is 13.1. The van der Waals surface area contributed by atoms with Crippen molar-refractivity contribution >= 4 is 33.3 Å². The van der Waals surface area contributed by atoms with E-state index in [-0.39, 0.29) is 5.91 Å². The van der Waals surface area contributed by atoms with Crippen LogP contribution in [0.3, 0.4) is 0 Å². The Hall–Kier alpha value is -1.88. The summed E-state index contributed by atoms with van der Waals surface area (Å²) >= 11 is 3.39. The van der Waals surface area contributed by atoms with Crippen LogP contribution < -0.4 is 11.1 Å². The van der Waals surface area contributed by atoms with Crippen LogP contribution in [0, 0.1) is 6.92 Å². The largest absolute Gasteiger partial charge is 0.384 e. The number of hydrogen-bond acceptors (Lipinski definition) is 3. The number of nitrogens with zero attached hydrogens (tertiary/aromatic N) is 1. The maximum Gasteiger partial charge on any atom is 0.255 e. The van der Waals surface area contributed by atoms with Gasteiger partial charge in [0.05, 0.1) is 5.69 Å². The van der Waals surface area contributed by atoms with Crippen LogP contribution >= 0.6 is 15.9 Å². The fourth-order valence-corrected chi connectivity index (χ4v) is 1.86. The molecular weight excluding hydrogens is 294 g/mol. The molecule has 0 saturated carbocycles. The van der Waals surface area contributed by atoms with Gasteiger partial charge in [0.25, 0.3) is 5.91 Å². The second-order valence-electron chi connectivity index (χ2n) is 3.91. The van der Waals surface area contributed by atoms with Crippen LogP contribution in [0.25, 0.3) is 0 Å². The lowest BCUT2D eigenvalue weighted by molar-refractivity contribution is 0.102. The van der Waals surface area contributed by atoms with E-state index < -0.39 is 0 Å². The lowest BCUT2D eigenvalue weighted by Gasteiger charge is -2.08. The Morgan fingerprint density at radius 3 is 2.83 bits per heavy atom. The minimum Gasteiger partial charge on any atom is -0.384 e. The Morgan fingerprint density at radius 1 is 1.33 bits per heavy atom. The number of nitrogen functional groups attached to an aromatic ring is 1. The molecule has 4 nitrogen and oxygen atoms in total. The van der Waals surface area contributed by atoms with E-state index >= 15 is 0 Å². The number of nitrogens with two attached hydrogens (primary N) is 1. The number of carbonyl (C=O) groups is 1. The second-order valence-corrected chi connectivity index (χ2v) is 4.76. The second kappa shape index (κ2) is 5.18. The standard InChI is InChI=1S/C13H12BrN3O/c1-8-2-3-10(14)11(6-8)17-13(18)9-4-5-16-12(15)7-9/h2-7H,1H3,(H2,15,16)(H,17,18). The lowest BCUT2D eigenvalue weighted by atomic mass is 10.2. The van der Waals surface area contributed by atoms with Crippen LogP contribution in [0.5, 0.6) is 0 Å². The van der Waals surface area contributed by atoms with Crippen molar-refractivity contribution < 1.29 is 4.79 Å². The monoisotopic (exact) mass is 305 g/mol. The SMILES string of the molecule is Cc1ccc(Br)c(NC(=O)c2ccnc(N)c2)c1. The molecule has 1 heterocycles. The molecule has 0 fully saturated rings. The number of amides is 1. The third kappa shape index (κ3) is 2.87. The first-order valence-electron chi connectivity index (χ1n) is 5.35. The Labute approximate surface area is 113 Å². The van der Waals surface area contributed by atoms with Crippen molar-refractivity contribution in [2.75, 3.05) is 11.1 Å². The van der Waals surface area contributed by atoms with Gasteiger partial charge in [-0.15, -0.1) is 0 Å². The molecule has 0 unspecified atom stereocenters. The summed E-state index contributed by atoms with van der Waals surface area (Å²) in [6.45, 7) is 1.96. The number of halogens is 1. The summed E-state index contributed by atoms with van der Waals surface area (Å²) < 4.78 is 0.837. The molecule has 0 bridgehead atoms. The van der Waals surface area contributed by atoms with E-state index in [1.54, 1.807) is 12.1 Å². The molecule has 92 valence electrons. The van der Waals surface area contributed by atoms with Crippen LogP contribution in [0.2, 0.25) is 0 Å². The molecule has 5 heteroatoms. The van der Waals surface area contributed by atoms with Gasteiger partial charge in [-0.25, -0.2) is 4.98 Å². The molecule has 0 aliphatic rings. The van der Waals surface area contributed by atoms with Crippen molar-refractivity contribution in [3.63, 3.8) is 0 Å². The normalized spacial score (nSPS) is 10.1. The van der Waals surface area contributed by atoms with Crippen molar-refractivity contribution in [3.8, 4) is 0 Å². The Kier molecular flexibility index (Phi) is 3.62. The van der Waals surface area contributed by atoms with Crippen molar-refractivity contribution in [1.82, 2.24) is 4.98 Å². The summed E-state index contributed by atoms with van der Waals surface area (Å²) in [7, 11) is 0. The number of benzene rings is 1. The van der Waals surface area contributed by atoms with Crippen LogP contribution in [0.1, 0.15) is 15.9 Å². The van der Waals surface area contributed by atoms with Gasteiger partial charge in [-0.3, -0.25) is 4.79 Å². The van der Waals surface area contributed by atoms with E-state index in [2.05, 4.69) is 26.2 Å². The van der Waals surface area contributed by atoms with Crippen LogP contribution in [0.15, 0.2) is 41.0 Å². The first kappa shape index (κ1) is 12.6. The number of pyridine rings is 1. The third-order valence-electron chi connectivity index (χ3n) is 2.41. The molecule has 18 heavy (non-hydrogen) atoms. The molecule has 0 radical (unpaired) electrons. The van der Waals surface area contributed by atoms with Gasteiger partial charge < -0.3 is 11.1 Å². The number of carbonyl (C=O) groups excluding carboxylic acids is 1. The highest BCUT2D eigenvalue weighted by atomic mass is 79.9. The number of rotatable bonds is 2. The maximum absolute atomic E-state index is 12.0. The van der Waals surface area contributed by atoms with Gasteiger partial charge in [0, 0.05) is 16.2 Å². The first-order valence-corrected chi connectivity index (χ1v) is 6.14. The number of aromatic nitrogens is 1. The van der Waals surface area contributed by atoms with E-state index in [9.17, 15) is 4.79 Å². The summed E-state index contributed by atoms with van der Waals surface area (Å²) in [4.78, 5) is 15.9. The zero-order valence-electron chi connectivity index (χ0n) is 9.77. The smallest absolute Gasteiger partial charge is 0.255 e. The maximum atomic E-state index is 12.0. The molecule has 1 amide bonds. The summed E-state index contributed by atoms with van der Waals surface area (Å²) in [5.74, 6) is 0.112. The molecule has 0 atom stereocenters. The first-order chi connectivity index (χ1) is 8.56. The minimum atomic E-state index is -0.213. The third-order valence-corrected chi connectivity index (χ3v) is 3.10. The van der Waals surface area contributed by atoms with Gasteiger partial charge in [0.2, 0.25) is 0 Å². The Bertz CT molecular complexity index is 599. The van der Waals surface area contributed by atoms with E-state index in [1.165, 1.54) is 6.20 Å². The van der Waals surface area contributed by atoms with Crippen LogP contribution in [-0.2, 0) is 0 Å². The van der Waals surface area contributed by atoms with E-state index in [1.807, 2.05) is 25.1 Å². The highest BCUT2D eigenvalue weighted by molar-refractivity contribution is 9.10. The summed E-state index contributed by atoms with van der Waals surface area (Å²) in [5, 5.41) is 2.83. The Morgan fingerprint density at radius 2 is 2.11 bits per heavy atom. The van der Waals surface area contributed by atoms with Gasteiger partial charge in [-0.2, -0.15) is 0 Å². The average Bonchev–Trinajstić information content (AvgIpc) is 2.34. The number of nitrogens with one attached hydrogen (secondary N) is 1. The highest BCUT2D eigenvalue weighted by Crippen LogP contribution is 2.23. The molecule has 3 N–H and O–H groups in total. The van der Waals surface area contributed by atoms with Crippen molar-refractivity contribution in [3.05, 3.63) is 52.1 Å². The molecule has 1 aromatic carbocycles.